The molecule has 0 bridgehead atoms. The van der Waals surface area contributed by atoms with E-state index >= 15 is 0 Å². The number of aromatic nitrogens is 2. The summed E-state index contributed by atoms with van der Waals surface area (Å²) in [4.78, 5) is 0. The third-order valence-corrected chi connectivity index (χ3v) is 17.9. The summed E-state index contributed by atoms with van der Waals surface area (Å²) in [5.74, 6) is 14.9. The monoisotopic (exact) mass is 1030 g/mol. The van der Waals surface area contributed by atoms with E-state index < -0.39 is 0 Å². The highest BCUT2D eigenvalue weighted by Gasteiger charge is 2.42. The number of fused-ring (bicyclic) bond motifs is 9. The minimum Gasteiger partial charge on any atom is -0.309 e. The number of nitrogens with zero attached hydrogens (tertiary/aromatic N) is 2. The van der Waals surface area contributed by atoms with Crippen LogP contribution in [0.4, 0.5) is 0 Å². The third kappa shape index (κ3) is 8.53. The summed E-state index contributed by atoms with van der Waals surface area (Å²) >= 11 is 0. The molecule has 0 saturated heterocycles. The zero-order valence-electron chi connectivity index (χ0n) is 46.4. The fraction of sp³-hybridized carbons (Fsp3) is 0.205. The Morgan fingerprint density at radius 2 is 0.850 bits per heavy atom. The molecule has 14 rings (SSSR count). The maximum atomic E-state index is 3.74. The molecule has 2 heteroatoms. The van der Waals surface area contributed by atoms with Crippen LogP contribution in [-0.2, 0) is 5.41 Å². The van der Waals surface area contributed by atoms with E-state index in [9.17, 15) is 0 Å². The molecule has 0 spiro atoms. The summed E-state index contributed by atoms with van der Waals surface area (Å²) < 4.78 is 4.86. The second-order valence-electron chi connectivity index (χ2n) is 22.9. The number of benzene rings is 11. The number of hydrogen-bond donors (Lipinski definition) is 0. The minimum absolute atomic E-state index is 0.111. The van der Waals surface area contributed by atoms with Crippen LogP contribution in [0.5, 0.6) is 0 Å². The van der Waals surface area contributed by atoms with Gasteiger partial charge in [-0.05, 0) is 159 Å². The summed E-state index contributed by atoms with van der Waals surface area (Å²) in [6, 6.07) is 74.7. The highest BCUT2D eigenvalue weighted by atomic mass is 15.0. The average molecular weight is 1030 g/mol. The second kappa shape index (κ2) is 20.8. The van der Waals surface area contributed by atoms with Crippen molar-refractivity contribution in [2.75, 3.05) is 0 Å². The molecular weight excluding hydrogens is 965 g/mol. The van der Waals surface area contributed by atoms with Crippen molar-refractivity contribution in [3.8, 4) is 46.2 Å². The molecule has 11 aromatic carbocycles. The van der Waals surface area contributed by atoms with Crippen LogP contribution in [0.3, 0.4) is 0 Å². The molecule has 0 unspecified atom stereocenters. The lowest BCUT2D eigenvalue weighted by atomic mass is 9.70. The molecule has 13 aromatic rings. The van der Waals surface area contributed by atoms with Gasteiger partial charge < -0.3 is 9.13 Å². The van der Waals surface area contributed by atoms with Crippen molar-refractivity contribution >= 4 is 75.9 Å². The molecular formula is C78H66N2. The summed E-state index contributed by atoms with van der Waals surface area (Å²) in [7, 11) is 0. The van der Waals surface area contributed by atoms with E-state index in [2.05, 4.69) is 254 Å². The summed E-state index contributed by atoms with van der Waals surface area (Å²) in [6.07, 6.45) is 14.9. The van der Waals surface area contributed by atoms with Crippen LogP contribution in [0.2, 0.25) is 0 Å². The van der Waals surface area contributed by atoms with E-state index in [1.165, 1.54) is 168 Å². The number of hydrogen-bond acceptors (Lipinski definition) is 0. The van der Waals surface area contributed by atoms with Gasteiger partial charge in [0.2, 0.25) is 0 Å². The van der Waals surface area contributed by atoms with Crippen molar-refractivity contribution in [2.45, 2.75) is 103 Å². The van der Waals surface area contributed by atoms with Crippen LogP contribution in [0.25, 0.3) is 98.4 Å². The van der Waals surface area contributed by atoms with Gasteiger partial charge in [-0.1, -0.05) is 223 Å². The fourth-order valence-electron chi connectivity index (χ4n) is 13.9. The normalized spacial score (nSPS) is 12.7. The first-order valence-electron chi connectivity index (χ1n) is 29.6. The summed E-state index contributed by atoms with van der Waals surface area (Å²) in [5, 5.41) is 12.7. The molecule has 0 aliphatic heterocycles. The largest absolute Gasteiger partial charge is 0.309 e. The van der Waals surface area contributed by atoms with Gasteiger partial charge in [0, 0.05) is 60.6 Å². The predicted molar refractivity (Wildman–Crippen MR) is 341 cm³/mol. The van der Waals surface area contributed by atoms with E-state index in [0.29, 0.717) is 0 Å². The molecule has 0 radical (unpaired) electrons. The maximum absolute atomic E-state index is 3.74. The SMILES string of the molecule is CCCCCCCC1(CCCCCCC)c2cc(C#Cc3ccc4c(c3)c3ccc(-n5c6ccccc6c6ccccc65)cc3n4-c3ccc(C)cc3)ccc2-c2ccc(C#Cc3ccc4ccc5cccc6ccc3c4c56)cc21. The Hall–Kier alpha value is -8.82. The van der Waals surface area contributed by atoms with Crippen molar-refractivity contribution in [3.63, 3.8) is 0 Å². The van der Waals surface area contributed by atoms with Crippen LogP contribution < -0.4 is 0 Å². The highest BCUT2D eigenvalue weighted by molar-refractivity contribution is 6.24. The molecule has 80 heavy (non-hydrogen) atoms. The van der Waals surface area contributed by atoms with E-state index in [4.69, 9.17) is 0 Å². The van der Waals surface area contributed by atoms with Gasteiger partial charge in [-0.3, -0.25) is 0 Å². The first-order chi connectivity index (χ1) is 39.5. The van der Waals surface area contributed by atoms with Crippen molar-refractivity contribution in [1.82, 2.24) is 9.13 Å². The zero-order chi connectivity index (χ0) is 53.7. The third-order valence-electron chi connectivity index (χ3n) is 17.9. The van der Waals surface area contributed by atoms with E-state index in [1.54, 1.807) is 0 Å². The standard InChI is InChI=1S/C78H66N2/c1-4-6-8-10-16-47-78(48-17-11-9-7-5-2)70-50-55(30-42-64(70)65-43-31-56(51-71(65)78)29-33-57-34-35-60-37-36-58-19-18-20-59-38-44-63(57)77(60)76(58)59)28-27-54-32-46-74-69(49-54)68-45-41-62(52-75(68)79(74)61-39-25-53(3)26-40-61)80-72-23-14-12-21-66(72)67-22-13-15-24-73(67)80/h12-15,18-26,30-32,34-46,49-52H,4-11,16-17,47-48H2,1-3H3. The van der Waals surface area contributed by atoms with Crippen LogP contribution >= 0.6 is 0 Å². The van der Waals surface area contributed by atoms with Crippen LogP contribution in [0.1, 0.15) is 130 Å². The lowest BCUT2D eigenvalue weighted by molar-refractivity contribution is 0.399. The number of para-hydroxylation sites is 2. The van der Waals surface area contributed by atoms with Gasteiger partial charge in [-0.15, -0.1) is 0 Å². The smallest absolute Gasteiger partial charge is 0.0561 e. The molecule has 1 aliphatic carbocycles. The number of unbranched alkanes of at least 4 members (excludes halogenated alkanes) is 8. The lowest BCUT2D eigenvalue weighted by Gasteiger charge is -2.33. The number of aryl methyl sites for hydroxylation is 1. The molecule has 0 saturated carbocycles. The van der Waals surface area contributed by atoms with Gasteiger partial charge in [0.05, 0.1) is 22.1 Å². The Balaban J connectivity index is 0.856. The van der Waals surface area contributed by atoms with Crippen molar-refractivity contribution in [2.24, 2.45) is 0 Å². The summed E-state index contributed by atoms with van der Waals surface area (Å²) in [5.41, 5.74) is 18.1. The lowest BCUT2D eigenvalue weighted by Crippen LogP contribution is -2.26. The zero-order valence-corrected chi connectivity index (χ0v) is 46.4. The first-order valence-corrected chi connectivity index (χ1v) is 29.6. The van der Waals surface area contributed by atoms with Crippen LogP contribution in [0.15, 0.2) is 200 Å². The van der Waals surface area contributed by atoms with E-state index in [0.717, 1.165) is 46.5 Å². The highest BCUT2D eigenvalue weighted by Crippen LogP contribution is 2.55. The Morgan fingerprint density at radius 1 is 0.350 bits per heavy atom. The minimum atomic E-state index is -0.111. The molecule has 2 nitrogen and oxygen atoms in total. The van der Waals surface area contributed by atoms with Crippen LogP contribution in [0, 0.1) is 30.6 Å². The van der Waals surface area contributed by atoms with Gasteiger partial charge >= 0.3 is 0 Å². The molecule has 0 amide bonds. The van der Waals surface area contributed by atoms with E-state index in [-0.39, 0.29) is 5.41 Å². The molecule has 1 aliphatic rings. The predicted octanol–water partition coefficient (Wildman–Crippen LogP) is 20.9. The molecule has 2 aromatic heterocycles. The molecule has 388 valence electrons. The maximum Gasteiger partial charge on any atom is 0.0561 e. The summed E-state index contributed by atoms with van der Waals surface area (Å²) in [6.45, 7) is 6.80. The molecule has 0 N–H and O–H groups in total. The van der Waals surface area contributed by atoms with Gasteiger partial charge in [0.15, 0.2) is 0 Å². The fourth-order valence-corrected chi connectivity index (χ4v) is 13.9. The first kappa shape index (κ1) is 49.5. The van der Waals surface area contributed by atoms with Gasteiger partial charge in [0.25, 0.3) is 0 Å². The average Bonchev–Trinajstić information content (AvgIpc) is 4.22. The Labute approximate surface area is 471 Å². The van der Waals surface area contributed by atoms with Crippen molar-refractivity contribution in [3.05, 3.63) is 239 Å². The Bertz CT molecular complexity index is 4560. The van der Waals surface area contributed by atoms with Gasteiger partial charge in [-0.2, -0.15) is 0 Å². The number of rotatable bonds is 14. The van der Waals surface area contributed by atoms with Gasteiger partial charge in [0.1, 0.15) is 0 Å². The van der Waals surface area contributed by atoms with Crippen molar-refractivity contribution < 1.29 is 0 Å². The molecule has 0 atom stereocenters. The molecule has 2 heterocycles. The Morgan fingerprint density at radius 3 is 1.50 bits per heavy atom. The van der Waals surface area contributed by atoms with Gasteiger partial charge in [-0.25, -0.2) is 0 Å². The van der Waals surface area contributed by atoms with Crippen LogP contribution in [-0.4, -0.2) is 9.13 Å². The Kier molecular flexibility index (Phi) is 12.8. The quantitative estimate of drug-likeness (QED) is 0.0584. The topological polar surface area (TPSA) is 9.86 Å². The van der Waals surface area contributed by atoms with Crippen molar-refractivity contribution in [1.29, 1.82) is 0 Å². The van der Waals surface area contributed by atoms with E-state index in [1.807, 2.05) is 0 Å². The second-order valence-corrected chi connectivity index (χ2v) is 22.9. The molecule has 0 fully saturated rings.